The van der Waals surface area contributed by atoms with Crippen LogP contribution in [0.2, 0.25) is 0 Å². The molecule has 2 nitrogen and oxygen atoms in total. The highest BCUT2D eigenvalue weighted by atomic mass is 16.5. The summed E-state index contributed by atoms with van der Waals surface area (Å²) in [5.74, 6) is 0.828. The van der Waals surface area contributed by atoms with Gasteiger partial charge >= 0.3 is 0 Å². The van der Waals surface area contributed by atoms with E-state index in [0.717, 1.165) is 44.9 Å². The zero-order chi connectivity index (χ0) is 10.4. The van der Waals surface area contributed by atoms with E-state index in [2.05, 4.69) is 6.92 Å². The third kappa shape index (κ3) is 3.41. The van der Waals surface area contributed by atoms with Gasteiger partial charge < -0.3 is 4.74 Å². The minimum atomic E-state index is 0.341. The SMILES string of the molecule is CCCCC(=O)C1CCC(OC)CC1. The van der Waals surface area contributed by atoms with Crippen LogP contribution in [-0.4, -0.2) is 19.0 Å². The summed E-state index contributed by atoms with van der Waals surface area (Å²) >= 11 is 0. The van der Waals surface area contributed by atoms with Gasteiger partial charge in [0, 0.05) is 19.4 Å². The zero-order valence-corrected chi connectivity index (χ0v) is 9.42. The Morgan fingerprint density at radius 3 is 2.43 bits per heavy atom. The molecule has 2 heteroatoms. The predicted molar refractivity (Wildman–Crippen MR) is 57.3 cm³/mol. The van der Waals surface area contributed by atoms with Crippen LogP contribution in [-0.2, 0) is 9.53 Å². The molecule has 14 heavy (non-hydrogen) atoms. The van der Waals surface area contributed by atoms with Gasteiger partial charge in [-0.25, -0.2) is 0 Å². The molecule has 0 aliphatic heterocycles. The van der Waals surface area contributed by atoms with Gasteiger partial charge in [0.1, 0.15) is 5.78 Å². The van der Waals surface area contributed by atoms with Crippen LogP contribution in [0.4, 0.5) is 0 Å². The lowest BCUT2D eigenvalue weighted by atomic mass is 9.83. The molecule has 1 fully saturated rings. The van der Waals surface area contributed by atoms with Crippen LogP contribution in [0.15, 0.2) is 0 Å². The average molecular weight is 198 g/mol. The summed E-state index contributed by atoms with van der Waals surface area (Å²) in [4.78, 5) is 11.7. The first-order chi connectivity index (χ1) is 6.77. The van der Waals surface area contributed by atoms with Crippen molar-refractivity contribution in [2.24, 2.45) is 5.92 Å². The number of carbonyl (C=O) groups excluding carboxylic acids is 1. The van der Waals surface area contributed by atoms with Crippen molar-refractivity contribution < 1.29 is 9.53 Å². The molecular formula is C12H22O2. The van der Waals surface area contributed by atoms with Gasteiger partial charge in [-0.2, -0.15) is 0 Å². The molecule has 1 saturated carbocycles. The molecule has 0 atom stereocenters. The lowest BCUT2D eigenvalue weighted by molar-refractivity contribution is -0.124. The van der Waals surface area contributed by atoms with Crippen LogP contribution >= 0.6 is 0 Å². The van der Waals surface area contributed by atoms with Gasteiger partial charge in [-0.05, 0) is 32.1 Å². The topological polar surface area (TPSA) is 26.3 Å². The summed E-state index contributed by atoms with van der Waals surface area (Å²) in [6.07, 6.45) is 7.60. The summed E-state index contributed by atoms with van der Waals surface area (Å²) in [5, 5.41) is 0. The normalized spacial score (nSPS) is 27.6. The molecular weight excluding hydrogens is 176 g/mol. The molecule has 1 aliphatic carbocycles. The standard InChI is InChI=1S/C12H22O2/c1-3-4-5-12(13)10-6-8-11(14-2)9-7-10/h10-11H,3-9H2,1-2H3. The fraction of sp³-hybridized carbons (Fsp3) is 0.917. The van der Waals surface area contributed by atoms with Crippen LogP contribution in [0.3, 0.4) is 0 Å². The number of rotatable bonds is 5. The smallest absolute Gasteiger partial charge is 0.135 e. The molecule has 0 N–H and O–H groups in total. The summed E-state index contributed by atoms with van der Waals surface area (Å²) in [7, 11) is 1.77. The van der Waals surface area contributed by atoms with Crippen LogP contribution < -0.4 is 0 Å². The first-order valence-electron chi connectivity index (χ1n) is 5.83. The number of methoxy groups -OCH3 is 1. The highest BCUT2D eigenvalue weighted by Gasteiger charge is 2.25. The maximum atomic E-state index is 11.7. The molecule has 1 aliphatic rings. The van der Waals surface area contributed by atoms with E-state index in [9.17, 15) is 4.79 Å². The molecule has 0 aromatic rings. The second kappa shape index (κ2) is 6.18. The van der Waals surface area contributed by atoms with E-state index in [0.29, 0.717) is 17.8 Å². The Kier molecular flexibility index (Phi) is 5.16. The van der Waals surface area contributed by atoms with Crippen molar-refractivity contribution in [3.05, 3.63) is 0 Å². The lowest BCUT2D eigenvalue weighted by Crippen LogP contribution is -2.25. The molecule has 0 radical (unpaired) electrons. The molecule has 0 heterocycles. The van der Waals surface area contributed by atoms with E-state index < -0.39 is 0 Å². The number of hydrogen-bond donors (Lipinski definition) is 0. The third-order valence-corrected chi connectivity index (χ3v) is 3.24. The average Bonchev–Trinajstić information content (AvgIpc) is 2.26. The van der Waals surface area contributed by atoms with Gasteiger partial charge in [0.15, 0.2) is 0 Å². The van der Waals surface area contributed by atoms with Crippen LogP contribution in [0.1, 0.15) is 51.9 Å². The molecule has 0 saturated heterocycles. The Morgan fingerprint density at radius 2 is 1.93 bits per heavy atom. The van der Waals surface area contributed by atoms with Gasteiger partial charge in [-0.15, -0.1) is 0 Å². The predicted octanol–water partition coefficient (Wildman–Crippen LogP) is 2.95. The maximum absolute atomic E-state index is 11.7. The van der Waals surface area contributed by atoms with Gasteiger partial charge in [0.2, 0.25) is 0 Å². The van der Waals surface area contributed by atoms with E-state index in [-0.39, 0.29) is 0 Å². The van der Waals surface area contributed by atoms with Gasteiger partial charge in [0.05, 0.1) is 6.10 Å². The molecule has 0 unspecified atom stereocenters. The first kappa shape index (κ1) is 11.7. The van der Waals surface area contributed by atoms with Gasteiger partial charge in [0.25, 0.3) is 0 Å². The van der Waals surface area contributed by atoms with E-state index in [4.69, 9.17) is 4.74 Å². The van der Waals surface area contributed by atoms with Crippen molar-refractivity contribution in [2.45, 2.75) is 58.0 Å². The number of Topliss-reactive ketones (excluding diaryl/α,β-unsaturated/α-hetero) is 1. The molecule has 82 valence electrons. The zero-order valence-electron chi connectivity index (χ0n) is 9.42. The molecule has 0 spiro atoms. The monoisotopic (exact) mass is 198 g/mol. The van der Waals surface area contributed by atoms with E-state index >= 15 is 0 Å². The molecule has 0 aromatic heterocycles. The van der Waals surface area contributed by atoms with Gasteiger partial charge in [-0.3, -0.25) is 4.79 Å². The molecule has 0 aromatic carbocycles. The number of hydrogen-bond acceptors (Lipinski definition) is 2. The molecule has 0 bridgehead atoms. The second-order valence-corrected chi connectivity index (χ2v) is 4.28. The highest BCUT2D eigenvalue weighted by Crippen LogP contribution is 2.27. The third-order valence-electron chi connectivity index (χ3n) is 3.24. The fourth-order valence-corrected chi connectivity index (χ4v) is 2.18. The fourth-order valence-electron chi connectivity index (χ4n) is 2.18. The van der Waals surface area contributed by atoms with Crippen molar-refractivity contribution in [1.29, 1.82) is 0 Å². The van der Waals surface area contributed by atoms with E-state index in [1.807, 2.05) is 0 Å². The van der Waals surface area contributed by atoms with Crippen LogP contribution in [0, 0.1) is 5.92 Å². The van der Waals surface area contributed by atoms with Gasteiger partial charge in [-0.1, -0.05) is 13.3 Å². The number of carbonyl (C=O) groups is 1. The Bertz CT molecular complexity index is 169. The van der Waals surface area contributed by atoms with Crippen molar-refractivity contribution in [2.75, 3.05) is 7.11 Å². The Hall–Kier alpha value is -0.370. The Labute approximate surface area is 87.0 Å². The summed E-state index contributed by atoms with van der Waals surface area (Å²) < 4.78 is 5.29. The van der Waals surface area contributed by atoms with Crippen LogP contribution in [0.5, 0.6) is 0 Å². The largest absolute Gasteiger partial charge is 0.381 e. The van der Waals surface area contributed by atoms with Crippen molar-refractivity contribution in [3.63, 3.8) is 0 Å². The summed E-state index contributed by atoms with van der Waals surface area (Å²) in [6.45, 7) is 2.13. The number of ether oxygens (including phenoxy) is 1. The Balaban J connectivity index is 2.23. The van der Waals surface area contributed by atoms with E-state index in [1.54, 1.807) is 7.11 Å². The summed E-state index contributed by atoms with van der Waals surface area (Å²) in [5.41, 5.74) is 0. The molecule has 0 amide bonds. The lowest BCUT2D eigenvalue weighted by Gasteiger charge is -2.26. The maximum Gasteiger partial charge on any atom is 0.135 e. The summed E-state index contributed by atoms with van der Waals surface area (Å²) in [6, 6.07) is 0. The van der Waals surface area contributed by atoms with Crippen molar-refractivity contribution >= 4 is 5.78 Å². The molecule has 1 rings (SSSR count). The highest BCUT2D eigenvalue weighted by molar-refractivity contribution is 5.81. The minimum Gasteiger partial charge on any atom is -0.381 e. The number of ketones is 1. The van der Waals surface area contributed by atoms with E-state index in [1.165, 1.54) is 0 Å². The first-order valence-corrected chi connectivity index (χ1v) is 5.83. The Morgan fingerprint density at radius 1 is 1.29 bits per heavy atom. The quantitative estimate of drug-likeness (QED) is 0.679. The number of unbranched alkanes of at least 4 members (excludes halogenated alkanes) is 1. The van der Waals surface area contributed by atoms with Crippen molar-refractivity contribution in [1.82, 2.24) is 0 Å². The van der Waals surface area contributed by atoms with Crippen LogP contribution in [0.25, 0.3) is 0 Å². The van der Waals surface area contributed by atoms with Crippen molar-refractivity contribution in [3.8, 4) is 0 Å². The second-order valence-electron chi connectivity index (χ2n) is 4.28. The minimum absolute atomic E-state index is 0.341.